The number of H-pyrrole nitrogens is 1. The summed E-state index contributed by atoms with van der Waals surface area (Å²) in [7, 11) is 0. The van der Waals surface area contributed by atoms with Crippen LogP contribution in [-0.4, -0.2) is 17.4 Å². The van der Waals surface area contributed by atoms with E-state index in [4.69, 9.17) is 0 Å². The Bertz CT molecular complexity index is 543. The highest BCUT2D eigenvalue weighted by molar-refractivity contribution is 5.92. The molecule has 0 aliphatic rings. The molecule has 0 fully saturated rings. The monoisotopic (exact) mass is 232 g/mol. The lowest BCUT2D eigenvalue weighted by Crippen LogP contribution is -2.36. The highest BCUT2D eigenvalue weighted by Gasteiger charge is 2.22. The molecule has 0 spiro atoms. The van der Waals surface area contributed by atoms with Crippen LogP contribution in [0.15, 0.2) is 24.4 Å². The molecule has 90 valence electrons. The summed E-state index contributed by atoms with van der Waals surface area (Å²) in [6.07, 6.45) is 1.89. The van der Waals surface area contributed by atoms with Crippen molar-refractivity contribution in [2.45, 2.75) is 20.8 Å². The number of rotatable bonds is 3. The van der Waals surface area contributed by atoms with Crippen molar-refractivity contribution in [1.82, 2.24) is 10.3 Å². The lowest BCUT2D eigenvalue weighted by molar-refractivity contribution is -0.513. The number of hydrogen-bond donors (Lipinski definition) is 2. The molecule has 2 N–H and O–H groups in total. The molecule has 2 aromatic heterocycles. The molecule has 2 heterocycles. The molecule has 0 atom stereocenters. The Morgan fingerprint density at radius 2 is 2.24 bits per heavy atom. The van der Waals surface area contributed by atoms with Gasteiger partial charge in [-0.2, -0.15) is 4.40 Å². The molecule has 0 aliphatic carbocycles. The number of pyridine rings is 1. The summed E-state index contributed by atoms with van der Waals surface area (Å²) in [5.74, 6) is 0.424. The summed E-state index contributed by atoms with van der Waals surface area (Å²) in [6, 6.07) is 5.81. The van der Waals surface area contributed by atoms with E-state index < -0.39 is 0 Å². The van der Waals surface area contributed by atoms with Gasteiger partial charge in [0.2, 0.25) is 5.69 Å². The highest BCUT2D eigenvalue weighted by atomic mass is 16.1. The first-order valence-corrected chi connectivity index (χ1v) is 5.86. The van der Waals surface area contributed by atoms with E-state index >= 15 is 0 Å². The fourth-order valence-corrected chi connectivity index (χ4v) is 1.83. The van der Waals surface area contributed by atoms with Crippen LogP contribution in [0.2, 0.25) is 0 Å². The normalized spacial score (nSPS) is 11.1. The Morgan fingerprint density at radius 3 is 2.94 bits per heavy atom. The number of imidazole rings is 1. The van der Waals surface area contributed by atoms with Gasteiger partial charge in [-0.05, 0) is 12.0 Å². The van der Waals surface area contributed by atoms with Crippen LogP contribution in [0.1, 0.15) is 30.0 Å². The van der Waals surface area contributed by atoms with Crippen LogP contribution in [0.4, 0.5) is 0 Å². The van der Waals surface area contributed by atoms with Crippen LogP contribution in [0, 0.1) is 12.8 Å². The molecule has 4 heteroatoms. The maximum Gasteiger partial charge on any atom is 0.295 e. The van der Waals surface area contributed by atoms with Crippen molar-refractivity contribution >= 4 is 11.6 Å². The van der Waals surface area contributed by atoms with Gasteiger partial charge >= 0.3 is 0 Å². The molecule has 0 aliphatic heterocycles. The van der Waals surface area contributed by atoms with Gasteiger partial charge in [0.25, 0.3) is 11.6 Å². The van der Waals surface area contributed by atoms with E-state index in [0.29, 0.717) is 18.2 Å². The van der Waals surface area contributed by atoms with E-state index in [2.05, 4.69) is 24.1 Å². The van der Waals surface area contributed by atoms with Gasteiger partial charge in [0.1, 0.15) is 0 Å². The van der Waals surface area contributed by atoms with Crippen LogP contribution in [0.25, 0.3) is 5.65 Å². The number of nitrogens with one attached hydrogen (secondary N) is 2. The predicted octanol–water partition coefficient (Wildman–Crippen LogP) is 1.45. The Hall–Kier alpha value is -1.84. The summed E-state index contributed by atoms with van der Waals surface area (Å²) in [4.78, 5) is 15.3. The van der Waals surface area contributed by atoms with Crippen molar-refractivity contribution in [2.24, 2.45) is 5.92 Å². The standard InChI is InChI=1S/C13H17N3O/c1-9(2)8-14-13(17)12-10(3)15-11-6-4-5-7-16(11)12/h4-7,9H,8H2,1-3H3,(H,14,17)/p+1. The fraction of sp³-hybridized carbons (Fsp3) is 0.385. The third-order valence-electron chi connectivity index (χ3n) is 2.66. The minimum Gasteiger partial charge on any atom is -0.349 e. The van der Waals surface area contributed by atoms with E-state index in [1.165, 1.54) is 0 Å². The zero-order chi connectivity index (χ0) is 12.4. The number of aromatic nitrogens is 2. The zero-order valence-corrected chi connectivity index (χ0v) is 10.4. The molecule has 2 aromatic rings. The van der Waals surface area contributed by atoms with Gasteiger partial charge in [0, 0.05) is 19.5 Å². The van der Waals surface area contributed by atoms with Gasteiger partial charge in [0.15, 0.2) is 5.69 Å². The maximum atomic E-state index is 12.1. The van der Waals surface area contributed by atoms with Gasteiger partial charge in [-0.1, -0.05) is 19.9 Å². The third kappa shape index (κ3) is 2.30. The molecule has 17 heavy (non-hydrogen) atoms. The molecule has 0 saturated heterocycles. The number of aromatic amines is 1. The summed E-state index contributed by atoms with van der Waals surface area (Å²) >= 11 is 0. The smallest absolute Gasteiger partial charge is 0.295 e. The molecule has 4 nitrogen and oxygen atoms in total. The molecule has 1 amide bonds. The SMILES string of the molecule is Cc1[nH]c2cccc[n+]2c1C(=O)NCC(C)C. The van der Waals surface area contributed by atoms with E-state index in [1.54, 1.807) is 0 Å². The Balaban J connectivity index is 2.34. The molecule has 0 bridgehead atoms. The first kappa shape index (κ1) is 11.6. The van der Waals surface area contributed by atoms with Gasteiger partial charge in [-0.25, -0.2) is 4.98 Å². The number of nitrogens with zero attached hydrogens (tertiary/aromatic N) is 1. The lowest BCUT2D eigenvalue weighted by Gasteiger charge is -2.05. The van der Waals surface area contributed by atoms with Crippen molar-refractivity contribution in [3.05, 3.63) is 35.8 Å². The molecule has 0 radical (unpaired) electrons. The Labute approximate surface area is 101 Å². The van der Waals surface area contributed by atoms with Crippen molar-refractivity contribution in [3.63, 3.8) is 0 Å². The van der Waals surface area contributed by atoms with Crippen molar-refractivity contribution < 1.29 is 9.20 Å². The van der Waals surface area contributed by atoms with Crippen LogP contribution in [0.5, 0.6) is 0 Å². The van der Waals surface area contributed by atoms with Crippen molar-refractivity contribution in [3.8, 4) is 0 Å². The minimum absolute atomic E-state index is 0.0290. The maximum absolute atomic E-state index is 12.1. The van der Waals surface area contributed by atoms with Crippen molar-refractivity contribution in [1.29, 1.82) is 0 Å². The number of hydrogen-bond acceptors (Lipinski definition) is 1. The largest absolute Gasteiger partial charge is 0.349 e. The molecular formula is C13H18N3O+. The highest BCUT2D eigenvalue weighted by Crippen LogP contribution is 2.04. The van der Waals surface area contributed by atoms with E-state index in [9.17, 15) is 4.79 Å². The first-order chi connectivity index (χ1) is 8.09. The number of carbonyl (C=O) groups excluding carboxylic acids is 1. The van der Waals surface area contributed by atoms with Crippen LogP contribution >= 0.6 is 0 Å². The van der Waals surface area contributed by atoms with Gasteiger partial charge in [-0.15, -0.1) is 0 Å². The number of carbonyl (C=O) groups is 1. The van der Waals surface area contributed by atoms with Gasteiger partial charge in [-0.3, -0.25) is 4.79 Å². The van der Waals surface area contributed by atoms with Crippen LogP contribution in [0.3, 0.4) is 0 Å². The second-order valence-corrected chi connectivity index (χ2v) is 4.66. The molecule has 0 aromatic carbocycles. The predicted molar refractivity (Wildman–Crippen MR) is 65.9 cm³/mol. The lowest BCUT2D eigenvalue weighted by atomic mass is 10.2. The average Bonchev–Trinajstić information content (AvgIpc) is 2.61. The number of aryl methyl sites for hydroxylation is 1. The Morgan fingerprint density at radius 1 is 1.47 bits per heavy atom. The summed E-state index contributed by atoms with van der Waals surface area (Å²) in [5, 5.41) is 2.94. The fourth-order valence-electron chi connectivity index (χ4n) is 1.83. The summed E-state index contributed by atoms with van der Waals surface area (Å²) in [5.41, 5.74) is 2.50. The minimum atomic E-state index is -0.0290. The van der Waals surface area contributed by atoms with Gasteiger partial charge in [0.05, 0.1) is 6.20 Å². The topological polar surface area (TPSA) is 49.0 Å². The summed E-state index contributed by atoms with van der Waals surface area (Å²) in [6.45, 7) is 6.76. The molecule has 0 unspecified atom stereocenters. The Kier molecular flexibility index (Phi) is 3.13. The second kappa shape index (κ2) is 4.57. The summed E-state index contributed by atoms with van der Waals surface area (Å²) < 4.78 is 1.88. The average molecular weight is 232 g/mol. The third-order valence-corrected chi connectivity index (χ3v) is 2.66. The van der Waals surface area contributed by atoms with E-state index in [-0.39, 0.29) is 5.91 Å². The van der Waals surface area contributed by atoms with Gasteiger partial charge < -0.3 is 5.32 Å². The number of amides is 1. The second-order valence-electron chi connectivity index (χ2n) is 4.66. The molecule has 2 rings (SSSR count). The van der Waals surface area contributed by atoms with Crippen LogP contribution in [-0.2, 0) is 0 Å². The van der Waals surface area contributed by atoms with Crippen LogP contribution < -0.4 is 9.72 Å². The number of fused-ring (bicyclic) bond motifs is 1. The van der Waals surface area contributed by atoms with Crippen molar-refractivity contribution in [2.75, 3.05) is 6.54 Å². The van der Waals surface area contributed by atoms with E-state index in [1.807, 2.05) is 35.7 Å². The zero-order valence-electron chi connectivity index (χ0n) is 10.4. The quantitative estimate of drug-likeness (QED) is 0.773. The first-order valence-electron chi connectivity index (χ1n) is 5.86. The molecule has 0 saturated carbocycles. The molecular weight excluding hydrogens is 214 g/mol. The van der Waals surface area contributed by atoms with E-state index in [0.717, 1.165) is 11.3 Å².